The number of isothiocyanates is 3. The van der Waals surface area contributed by atoms with Crippen LogP contribution >= 0.6 is 36.7 Å². The van der Waals surface area contributed by atoms with Crippen molar-refractivity contribution in [3.8, 4) is 0 Å². The number of nitrogens with zero attached hydrogens (tertiary/aromatic N) is 3. The maximum atomic E-state index is 4.65. The Kier molecular flexibility index (Phi) is 4.50. The lowest BCUT2D eigenvalue weighted by Crippen LogP contribution is -1.75. The van der Waals surface area contributed by atoms with Gasteiger partial charge in [-0.1, -0.05) is 6.07 Å². The van der Waals surface area contributed by atoms with E-state index in [1.165, 1.54) is 0 Å². The smallest absolute Gasteiger partial charge is 0.0840 e. The lowest BCUT2D eigenvalue weighted by molar-refractivity contribution is 1.52. The van der Waals surface area contributed by atoms with Gasteiger partial charge in [-0.15, -0.1) is 0 Å². The van der Waals surface area contributed by atoms with Gasteiger partial charge in [-0.3, -0.25) is 0 Å². The van der Waals surface area contributed by atoms with Crippen LogP contribution in [0.25, 0.3) is 10.8 Å². The molecule has 0 aliphatic rings. The lowest BCUT2D eigenvalue weighted by Gasteiger charge is -2.03. The molecule has 6 heteroatoms. The van der Waals surface area contributed by atoms with E-state index >= 15 is 0 Å². The van der Waals surface area contributed by atoms with Crippen molar-refractivity contribution in [3.05, 3.63) is 30.3 Å². The Balaban J connectivity index is 2.81. The summed E-state index contributed by atoms with van der Waals surface area (Å²) in [4.78, 5) is 11.9. The highest BCUT2D eigenvalue weighted by Crippen LogP contribution is 2.33. The van der Waals surface area contributed by atoms with E-state index in [0.29, 0.717) is 17.1 Å². The van der Waals surface area contributed by atoms with Crippen molar-refractivity contribution in [2.24, 2.45) is 15.0 Å². The van der Waals surface area contributed by atoms with Gasteiger partial charge >= 0.3 is 0 Å². The van der Waals surface area contributed by atoms with Gasteiger partial charge in [-0.2, -0.15) is 15.0 Å². The SMILES string of the molecule is S=C=Nc1cc(N=C=S)c2cc(N=C=S)ccc2c1. The predicted octanol–water partition coefficient (Wildman–Crippen LogP) is 5.04. The van der Waals surface area contributed by atoms with Crippen LogP contribution in [0, 0.1) is 0 Å². The van der Waals surface area contributed by atoms with Gasteiger partial charge in [-0.05, 0) is 66.3 Å². The summed E-state index contributed by atoms with van der Waals surface area (Å²) in [5, 5.41) is 8.83. The molecule has 0 radical (unpaired) electrons. The lowest BCUT2D eigenvalue weighted by atomic mass is 10.1. The molecule has 2 aromatic carbocycles. The third kappa shape index (κ3) is 3.11. The van der Waals surface area contributed by atoms with Crippen LogP contribution in [0.5, 0.6) is 0 Å². The molecule has 0 aromatic heterocycles. The highest BCUT2D eigenvalue weighted by Gasteiger charge is 2.04. The van der Waals surface area contributed by atoms with Gasteiger partial charge in [0, 0.05) is 5.39 Å². The van der Waals surface area contributed by atoms with E-state index in [4.69, 9.17) is 0 Å². The van der Waals surface area contributed by atoms with Crippen molar-refractivity contribution in [1.29, 1.82) is 0 Å². The van der Waals surface area contributed by atoms with Crippen molar-refractivity contribution in [3.63, 3.8) is 0 Å². The minimum Gasteiger partial charge on any atom is -0.195 e. The summed E-state index contributed by atoms with van der Waals surface area (Å²) in [5.41, 5.74) is 2.02. The van der Waals surface area contributed by atoms with Crippen LogP contribution < -0.4 is 0 Å². The van der Waals surface area contributed by atoms with Crippen LogP contribution in [-0.2, 0) is 0 Å². The summed E-state index contributed by atoms with van der Waals surface area (Å²) >= 11 is 13.8. The number of hydrogen-bond acceptors (Lipinski definition) is 6. The van der Waals surface area contributed by atoms with Crippen LogP contribution in [-0.4, -0.2) is 15.5 Å². The molecule has 0 amide bonds. The Morgan fingerprint density at radius 2 is 1.42 bits per heavy atom. The second-order valence-corrected chi connectivity index (χ2v) is 4.03. The fraction of sp³-hybridized carbons (Fsp3) is 0. The van der Waals surface area contributed by atoms with Crippen molar-refractivity contribution >= 4 is 80.0 Å². The minimum atomic E-state index is 0.651. The molecule has 0 heterocycles. The Morgan fingerprint density at radius 3 is 2.11 bits per heavy atom. The number of benzene rings is 2. The fourth-order valence-corrected chi connectivity index (χ4v) is 2.00. The molecule has 0 spiro atoms. The standard InChI is InChI=1S/C13H5N3S3/c17-6-14-10-2-1-9-3-11(15-7-18)5-13(16-8-19)12(9)4-10/h1-5H. The van der Waals surface area contributed by atoms with Gasteiger partial charge in [0.1, 0.15) is 0 Å². The zero-order valence-corrected chi connectivity index (χ0v) is 11.9. The first-order valence-corrected chi connectivity index (χ1v) is 6.32. The average Bonchev–Trinajstić information content (AvgIpc) is 2.40. The van der Waals surface area contributed by atoms with Crippen LogP contribution in [0.3, 0.4) is 0 Å². The van der Waals surface area contributed by atoms with E-state index in [1.807, 2.05) is 24.3 Å². The van der Waals surface area contributed by atoms with Gasteiger partial charge in [0.15, 0.2) is 0 Å². The minimum absolute atomic E-state index is 0.651. The molecule has 2 aromatic rings. The van der Waals surface area contributed by atoms with Gasteiger partial charge in [0.25, 0.3) is 0 Å². The van der Waals surface area contributed by atoms with E-state index in [0.717, 1.165) is 10.8 Å². The topological polar surface area (TPSA) is 37.1 Å². The summed E-state index contributed by atoms with van der Waals surface area (Å²) in [7, 11) is 0. The zero-order valence-electron chi connectivity index (χ0n) is 9.45. The van der Waals surface area contributed by atoms with Gasteiger partial charge in [0.05, 0.1) is 32.5 Å². The first kappa shape index (κ1) is 13.5. The van der Waals surface area contributed by atoms with E-state index in [-0.39, 0.29) is 0 Å². The molecule has 0 aliphatic carbocycles. The monoisotopic (exact) mass is 299 g/mol. The highest BCUT2D eigenvalue weighted by atomic mass is 32.1. The van der Waals surface area contributed by atoms with E-state index < -0.39 is 0 Å². The second kappa shape index (κ2) is 6.32. The molecular formula is C13H5N3S3. The maximum Gasteiger partial charge on any atom is 0.0840 e. The Labute approximate surface area is 125 Å². The Morgan fingerprint density at radius 1 is 0.737 bits per heavy atom. The summed E-state index contributed by atoms with van der Waals surface area (Å²) in [5.74, 6) is 0. The fourth-order valence-electron chi connectivity index (χ4n) is 1.69. The molecule has 0 fully saturated rings. The molecule has 0 N–H and O–H groups in total. The van der Waals surface area contributed by atoms with Crippen LogP contribution in [0.1, 0.15) is 0 Å². The summed E-state index contributed by atoms with van der Waals surface area (Å²) in [6.45, 7) is 0. The molecule has 90 valence electrons. The highest BCUT2D eigenvalue weighted by molar-refractivity contribution is 7.78. The predicted molar refractivity (Wildman–Crippen MR) is 88.0 cm³/mol. The van der Waals surface area contributed by atoms with E-state index in [1.54, 1.807) is 6.07 Å². The zero-order chi connectivity index (χ0) is 13.7. The molecule has 0 aliphatic heterocycles. The molecule has 19 heavy (non-hydrogen) atoms. The molecule has 0 unspecified atom stereocenters. The normalized spacial score (nSPS) is 9.05. The van der Waals surface area contributed by atoms with Crippen molar-refractivity contribution < 1.29 is 0 Å². The largest absolute Gasteiger partial charge is 0.195 e. The molecular weight excluding hydrogens is 294 g/mol. The van der Waals surface area contributed by atoms with Crippen LogP contribution in [0.2, 0.25) is 0 Å². The summed E-state index contributed by atoms with van der Waals surface area (Å²) in [6.07, 6.45) is 0. The third-order valence-corrected chi connectivity index (χ3v) is 2.69. The van der Waals surface area contributed by atoms with E-state index in [9.17, 15) is 0 Å². The molecule has 0 saturated carbocycles. The maximum absolute atomic E-state index is 4.65. The Bertz CT molecular complexity index is 794. The molecule has 2 rings (SSSR count). The molecule has 0 saturated heterocycles. The number of aliphatic imine (C=N–C) groups is 3. The van der Waals surface area contributed by atoms with Gasteiger partial charge in [-0.25, -0.2) is 0 Å². The van der Waals surface area contributed by atoms with Crippen molar-refractivity contribution in [2.45, 2.75) is 0 Å². The second-order valence-electron chi connectivity index (χ2n) is 3.48. The number of thiocarbonyl (C=S) groups is 3. The third-order valence-electron chi connectivity index (χ3n) is 2.42. The van der Waals surface area contributed by atoms with Crippen molar-refractivity contribution in [2.75, 3.05) is 0 Å². The summed E-state index contributed by atoms with van der Waals surface area (Å²) in [6, 6.07) is 9.21. The van der Waals surface area contributed by atoms with E-state index in [2.05, 4.69) is 67.1 Å². The number of rotatable bonds is 3. The molecule has 0 atom stereocenters. The first-order valence-electron chi connectivity index (χ1n) is 5.10. The quantitative estimate of drug-likeness (QED) is 0.588. The van der Waals surface area contributed by atoms with Crippen LogP contribution in [0.4, 0.5) is 17.1 Å². The molecule has 3 nitrogen and oxygen atoms in total. The first-order chi connectivity index (χ1) is 9.28. The average molecular weight is 299 g/mol. The Hall–Kier alpha value is -1.90. The molecule has 0 bridgehead atoms. The summed E-state index contributed by atoms with van der Waals surface area (Å²) < 4.78 is 0. The van der Waals surface area contributed by atoms with Gasteiger partial charge < -0.3 is 0 Å². The van der Waals surface area contributed by atoms with Crippen molar-refractivity contribution in [1.82, 2.24) is 0 Å². The number of fused-ring (bicyclic) bond motifs is 1. The van der Waals surface area contributed by atoms with Gasteiger partial charge in [0.2, 0.25) is 0 Å². The number of hydrogen-bond donors (Lipinski definition) is 0. The van der Waals surface area contributed by atoms with Crippen LogP contribution in [0.15, 0.2) is 45.3 Å².